The maximum Gasteiger partial charge on any atom is 0.271 e. The van der Waals surface area contributed by atoms with Crippen LogP contribution in [0.4, 0.5) is 0 Å². The minimum Gasteiger partial charge on any atom is -0.346 e. The van der Waals surface area contributed by atoms with Crippen molar-refractivity contribution < 1.29 is 9.59 Å². The minimum atomic E-state index is -0.180. The molecular formula is C20H19N3O2S. The summed E-state index contributed by atoms with van der Waals surface area (Å²) in [5, 5.41) is 7.91. The van der Waals surface area contributed by atoms with Crippen LogP contribution in [0.15, 0.2) is 47.8 Å². The Balaban J connectivity index is 1.54. The lowest BCUT2D eigenvalue weighted by Crippen LogP contribution is -2.48. The van der Waals surface area contributed by atoms with Gasteiger partial charge in [0.05, 0.1) is 0 Å². The molecule has 1 aromatic heterocycles. The fourth-order valence-corrected chi connectivity index (χ4v) is 4.14. The Labute approximate surface area is 155 Å². The van der Waals surface area contributed by atoms with Crippen molar-refractivity contribution in [3.05, 3.63) is 53.5 Å². The number of carbonyl (C=O) groups excluding carboxylic acids is 2. The van der Waals surface area contributed by atoms with E-state index in [2.05, 4.69) is 28.5 Å². The number of likely N-dealkylation sites (N-methyl/N-ethyl adjacent to an activating group) is 1. The molecule has 1 unspecified atom stereocenters. The van der Waals surface area contributed by atoms with Crippen LogP contribution in [0.3, 0.4) is 0 Å². The van der Waals surface area contributed by atoms with Gasteiger partial charge in [-0.05, 0) is 17.2 Å². The number of aromatic nitrogens is 1. The maximum atomic E-state index is 12.5. The topological polar surface area (TPSA) is 62.3 Å². The van der Waals surface area contributed by atoms with E-state index in [-0.39, 0.29) is 17.9 Å². The van der Waals surface area contributed by atoms with Gasteiger partial charge < -0.3 is 10.2 Å². The molecule has 26 heavy (non-hydrogen) atoms. The van der Waals surface area contributed by atoms with E-state index >= 15 is 0 Å². The van der Waals surface area contributed by atoms with Crippen LogP contribution in [0.1, 0.15) is 23.3 Å². The van der Waals surface area contributed by atoms with Gasteiger partial charge in [-0.25, -0.2) is 4.98 Å². The summed E-state index contributed by atoms with van der Waals surface area (Å²) < 4.78 is 0. The van der Waals surface area contributed by atoms with Crippen LogP contribution >= 0.6 is 11.3 Å². The quantitative estimate of drug-likeness (QED) is 0.774. The van der Waals surface area contributed by atoms with Crippen molar-refractivity contribution >= 4 is 33.9 Å². The molecule has 0 bridgehead atoms. The van der Waals surface area contributed by atoms with Gasteiger partial charge in [-0.2, -0.15) is 0 Å². The van der Waals surface area contributed by atoms with E-state index in [0.29, 0.717) is 25.1 Å². The SMILES string of the molecule is CN1CC(NC(=O)c2csc(-c3cccc4ccccc34)n2)CCC1=O. The zero-order valence-electron chi connectivity index (χ0n) is 14.4. The Morgan fingerprint density at radius 1 is 1.23 bits per heavy atom. The molecule has 132 valence electrons. The average Bonchev–Trinajstić information content (AvgIpc) is 3.14. The number of hydrogen-bond acceptors (Lipinski definition) is 4. The first-order chi connectivity index (χ1) is 12.6. The number of amides is 2. The number of rotatable bonds is 3. The molecule has 2 amide bonds. The fraction of sp³-hybridized carbons (Fsp3) is 0.250. The highest BCUT2D eigenvalue weighted by atomic mass is 32.1. The number of nitrogens with one attached hydrogen (secondary N) is 1. The smallest absolute Gasteiger partial charge is 0.271 e. The van der Waals surface area contributed by atoms with Crippen molar-refractivity contribution in [1.82, 2.24) is 15.2 Å². The standard InChI is InChI=1S/C20H19N3O2S/c1-23-11-14(9-10-18(23)24)21-19(25)17-12-26-20(22-17)16-8-4-6-13-5-2-3-7-15(13)16/h2-8,12,14H,9-11H2,1H3,(H,21,25). The van der Waals surface area contributed by atoms with Gasteiger partial charge in [0.2, 0.25) is 5.91 Å². The third kappa shape index (κ3) is 3.20. The van der Waals surface area contributed by atoms with Gasteiger partial charge in [0, 0.05) is 37.0 Å². The normalized spacial score (nSPS) is 17.5. The summed E-state index contributed by atoms with van der Waals surface area (Å²) in [6.45, 7) is 0.547. The van der Waals surface area contributed by atoms with Crippen LogP contribution in [0.5, 0.6) is 0 Å². The number of thiazole rings is 1. The van der Waals surface area contributed by atoms with Crippen LogP contribution in [0, 0.1) is 0 Å². The van der Waals surface area contributed by atoms with E-state index < -0.39 is 0 Å². The van der Waals surface area contributed by atoms with Gasteiger partial charge >= 0.3 is 0 Å². The Bertz CT molecular complexity index is 977. The highest BCUT2D eigenvalue weighted by Gasteiger charge is 2.25. The molecule has 1 atom stereocenters. The van der Waals surface area contributed by atoms with Crippen molar-refractivity contribution in [2.75, 3.05) is 13.6 Å². The Hall–Kier alpha value is -2.73. The summed E-state index contributed by atoms with van der Waals surface area (Å²) in [6.07, 6.45) is 1.15. The summed E-state index contributed by atoms with van der Waals surface area (Å²) in [6, 6.07) is 14.3. The van der Waals surface area contributed by atoms with Crippen molar-refractivity contribution in [3.63, 3.8) is 0 Å². The van der Waals surface area contributed by atoms with Crippen LogP contribution in [0.2, 0.25) is 0 Å². The molecule has 5 nitrogen and oxygen atoms in total. The minimum absolute atomic E-state index is 0.0205. The van der Waals surface area contributed by atoms with Crippen molar-refractivity contribution in [3.8, 4) is 10.6 Å². The number of benzene rings is 2. The van der Waals surface area contributed by atoms with Gasteiger partial charge in [0.15, 0.2) is 0 Å². The third-order valence-electron chi connectivity index (χ3n) is 4.72. The number of fused-ring (bicyclic) bond motifs is 1. The van der Waals surface area contributed by atoms with E-state index in [1.54, 1.807) is 17.3 Å². The monoisotopic (exact) mass is 365 g/mol. The number of hydrogen-bond donors (Lipinski definition) is 1. The van der Waals surface area contributed by atoms with Gasteiger partial charge in [0.1, 0.15) is 10.7 Å². The maximum absolute atomic E-state index is 12.5. The van der Waals surface area contributed by atoms with E-state index in [9.17, 15) is 9.59 Å². The molecule has 1 aliphatic rings. The summed E-state index contributed by atoms with van der Waals surface area (Å²) >= 11 is 1.47. The lowest BCUT2D eigenvalue weighted by atomic mass is 10.1. The molecule has 0 saturated carbocycles. The second kappa shape index (κ2) is 6.88. The fourth-order valence-electron chi connectivity index (χ4n) is 3.30. The first kappa shape index (κ1) is 16.7. The van der Waals surface area contributed by atoms with Crippen molar-refractivity contribution in [2.45, 2.75) is 18.9 Å². The van der Waals surface area contributed by atoms with Crippen molar-refractivity contribution in [2.24, 2.45) is 0 Å². The molecule has 1 N–H and O–H groups in total. The van der Waals surface area contributed by atoms with Crippen LogP contribution in [-0.4, -0.2) is 41.3 Å². The van der Waals surface area contributed by atoms with Crippen LogP contribution in [0.25, 0.3) is 21.3 Å². The number of carbonyl (C=O) groups is 2. The second-order valence-electron chi connectivity index (χ2n) is 6.55. The summed E-state index contributed by atoms with van der Waals surface area (Å²) in [7, 11) is 1.77. The highest BCUT2D eigenvalue weighted by Crippen LogP contribution is 2.30. The number of piperidine rings is 1. The Morgan fingerprint density at radius 3 is 2.88 bits per heavy atom. The van der Waals surface area contributed by atoms with E-state index in [0.717, 1.165) is 21.3 Å². The highest BCUT2D eigenvalue weighted by molar-refractivity contribution is 7.13. The molecule has 1 aliphatic heterocycles. The third-order valence-corrected chi connectivity index (χ3v) is 5.59. The first-order valence-electron chi connectivity index (χ1n) is 8.60. The Kier molecular flexibility index (Phi) is 4.42. The lowest BCUT2D eigenvalue weighted by molar-refractivity contribution is -0.132. The largest absolute Gasteiger partial charge is 0.346 e. The molecule has 6 heteroatoms. The van der Waals surface area contributed by atoms with Crippen LogP contribution in [-0.2, 0) is 4.79 Å². The van der Waals surface area contributed by atoms with Gasteiger partial charge in [0.25, 0.3) is 5.91 Å². The molecule has 0 radical (unpaired) electrons. The molecule has 2 aromatic carbocycles. The predicted octanol–water partition coefficient (Wildman–Crippen LogP) is 3.31. The predicted molar refractivity (Wildman–Crippen MR) is 103 cm³/mol. The van der Waals surface area contributed by atoms with Gasteiger partial charge in [-0.1, -0.05) is 42.5 Å². The number of nitrogens with zero attached hydrogens (tertiary/aromatic N) is 2. The number of likely N-dealkylation sites (tertiary alicyclic amines) is 1. The Morgan fingerprint density at radius 2 is 2.04 bits per heavy atom. The molecule has 3 aromatic rings. The zero-order chi connectivity index (χ0) is 18.1. The molecule has 0 aliphatic carbocycles. The molecular weight excluding hydrogens is 346 g/mol. The molecule has 4 rings (SSSR count). The molecule has 1 saturated heterocycles. The summed E-state index contributed by atoms with van der Waals surface area (Å²) in [5.74, 6) is -0.0529. The average molecular weight is 365 g/mol. The van der Waals surface area contributed by atoms with Gasteiger partial charge in [-0.15, -0.1) is 11.3 Å². The lowest BCUT2D eigenvalue weighted by Gasteiger charge is -2.29. The van der Waals surface area contributed by atoms with E-state index in [4.69, 9.17) is 0 Å². The second-order valence-corrected chi connectivity index (χ2v) is 7.41. The molecule has 2 heterocycles. The van der Waals surface area contributed by atoms with Crippen LogP contribution < -0.4 is 5.32 Å². The zero-order valence-corrected chi connectivity index (χ0v) is 15.3. The van der Waals surface area contributed by atoms with Crippen molar-refractivity contribution in [1.29, 1.82) is 0 Å². The first-order valence-corrected chi connectivity index (χ1v) is 9.48. The van der Waals surface area contributed by atoms with Gasteiger partial charge in [-0.3, -0.25) is 9.59 Å². The molecule has 0 spiro atoms. The molecule has 1 fully saturated rings. The van der Waals surface area contributed by atoms with E-state index in [1.807, 2.05) is 24.3 Å². The summed E-state index contributed by atoms with van der Waals surface area (Å²) in [5.41, 5.74) is 1.47. The van der Waals surface area contributed by atoms with E-state index in [1.165, 1.54) is 11.3 Å². The summed E-state index contributed by atoms with van der Waals surface area (Å²) in [4.78, 5) is 30.3.